The van der Waals surface area contributed by atoms with E-state index in [9.17, 15) is 0 Å². The van der Waals surface area contributed by atoms with Crippen molar-refractivity contribution < 1.29 is 0 Å². The van der Waals surface area contributed by atoms with E-state index in [4.69, 9.17) is 5.73 Å². The summed E-state index contributed by atoms with van der Waals surface area (Å²) >= 11 is 0. The van der Waals surface area contributed by atoms with E-state index in [-0.39, 0.29) is 0 Å². The summed E-state index contributed by atoms with van der Waals surface area (Å²) in [6, 6.07) is 2.61. The highest BCUT2D eigenvalue weighted by Gasteiger charge is 2.21. The molecule has 1 heterocycles. The molecule has 0 aromatic carbocycles. The summed E-state index contributed by atoms with van der Waals surface area (Å²) in [6.07, 6.45) is 7.02. The molecular weight excluding hydrogens is 198 g/mol. The molecule has 3 nitrogen and oxygen atoms in total. The minimum Gasteiger partial charge on any atom is -0.397 e. The van der Waals surface area contributed by atoms with E-state index in [1.54, 1.807) is 6.20 Å². The molecule has 1 fully saturated rings. The number of nitrogens with one attached hydrogen (secondary N) is 1. The predicted octanol–water partition coefficient (Wildman–Crippen LogP) is 2.96. The van der Waals surface area contributed by atoms with Crippen molar-refractivity contribution in [2.75, 3.05) is 11.1 Å². The first-order chi connectivity index (χ1) is 7.66. The van der Waals surface area contributed by atoms with E-state index < -0.39 is 0 Å². The summed E-state index contributed by atoms with van der Waals surface area (Å²) in [5, 5.41) is 3.53. The number of nitrogens with zero attached hydrogens (tertiary/aromatic N) is 1. The van der Waals surface area contributed by atoms with Crippen molar-refractivity contribution in [1.29, 1.82) is 0 Å². The van der Waals surface area contributed by atoms with Crippen molar-refractivity contribution in [2.24, 2.45) is 5.92 Å². The third-order valence-corrected chi connectivity index (χ3v) is 3.60. The molecule has 1 aliphatic carbocycles. The highest BCUT2D eigenvalue weighted by molar-refractivity contribution is 5.51. The minimum atomic E-state index is 0.573. The highest BCUT2D eigenvalue weighted by Crippen LogP contribution is 2.26. The van der Waals surface area contributed by atoms with Crippen LogP contribution >= 0.6 is 0 Å². The van der Waals surface area contributed by atoms with Crippen LogP contribution in [0.5, 0.6) is 0 Å². The number of nitrogens with two attached hydrogens (primary N) is 1. The Bertz CT molecular complexity index is 362. The van der Waals surface area contributed by atoms with Gasteiger partial charge in [-0.2, -0.15) is 0 Å². The molecule has 1 aromatic rings. The fourth-order valence-electron chi connectivity index (χ4n) is 2.37. The lowest BCUT2D eigenvalue weighted by molar-refractivity contribution is 0.349. The van der Waals surface area contributed by atoms with Crippen LogP contribution < -0.4 is 11.1 Å². The van der Waals surface area contributed by atoms with E-state index in [1.165, 1.54) is 25.7 Å². The summed E-state index contributed by atoms with van der Waals surface area (Å²) in [5.74, 6) is 1.71. The van der Waals surface area contributed by atoms with Crippen molar-refractivity contribution in [1.82, 2.24) is 4.98 Å². The lowest BCUT2D eigenvalue weighted by atomic mass is 9.86. The van der Waals surface area contributed by atoms with Gasteiger partial charge in [-0.1, -0.05) is 19.8 Å². The Morgan fingerprint density at radius 1 is 1.38 bits per heavy atom. The average molecular weight is 219 g/mol. The number of aryl methyl sites for hydroxylation is 1. The maximum absolute atomic E-state index is 5.76. The molecule has 1 saturated carbocycles. The maximum atomic E-state index is 5.76. The monoisotopic (exact) mass is 219 g/mol. The molecule has 3 heteroatoms. The van der Waals surface area contributed by atoms with Gasteiger partial charge in [-0.15, -0.1) is 0 Å². The molecule has 0 aliphatic heterocycles. The zero-order chi connectivity index (χ0) is 11.5. The molecule has 3 N–H and O–H groups in total. The number of pyridine rings is 1. The van der Waals surface area contributed by atoms with Gasteiger partial charge in [0.15, 0.2) is 0 Å². The van der Waals surface area contributed by atoms with Crippen LogP contribution in [0, 0.1) is 12.8 Å². The van der Waals surface area contributed by atoms with Crippen LogP contribution in [0.4, 0.5) is 11.5 Å². The molecule has 0 bridgehead atoms. The lowest BCUT2D eigenvalue weighted by Crippen LogP contribution is -2.30. The Kier molecular flexibility index (Phi) is 3.32. The summed E-state index contributed by atoms with van der Waals surface area (Å²) in [5.41, 5.74) is 7.62. The predicted molar refractivity (Wildman–Crippen MR) is 68.4 cm³/mol. The van der Waals surface area contributed by atoms with E-state index in [1.807, 2.05) is 13.0 Å². The standard InChI is InChI=1S/C13H21N3/c1-9-5-3-4-6-12(9)16-13-7-10(2)11(14)8-15-13/h7-9,12H,3-6,14H2,1-2H3,(H,15,16). The van der Waals surface area contributed by atoms with E-state index in [0.29, 0.717) is 6.04 Å². The van der Waals surface area contributed by atoms with Crippen LogP contribution in [-0.2, 0) is 0 Å². The van der Waals surface area contributed by atoms with Gasteiger partial charge in [0.05, 0.1) is 11.9 Å². The first-order valence-corrected chi connectivity index (χ1v) is 6.15. The smallest absolute Gasteiger partial charge is 0.126 e. The third-order valence-electron chi connectivity index (χ3n) is 3.60. The summed E-state index contributed by atoms with van der Waals surface area (Å²) in [7, 11) is 0. The number of rotatable bonds is 2. The largest absolute Gasteiger partial charge is 0.397 e. The number of nitrogen functional groups attached to an aromatic ring is 1. The fraction of sp³-hybridized carbons (Fsp3) is 0.615. The first-order valence-electron chi connectivity index (χ1n) is 6.15. The molecular formula is C13H21N3. The Labute approximate surface area is 97.5 Å². The van der Waals surface area contributed by atoms with E-state index in [0.717, 1.165) is 23.0 Å². The van der Waals surface area contributed by atoms with Gasteiger partial charge < -0.3 is 11.1 Å². The van der Waals surface area contributed by atoms with Crippen molar-refractivity contribution in [2.45, 2.75) is 45.6 Å². The first kappa shape index (κ1) is 11.2. The summed E-state index contributed by atoms with van der Waals surface area (Å²) in [4.78, 5) is 4.33. The van der Waals surface area contributed by atoms with Crippen LogP contribution in [0.1, 0.15) is 38.2 Å². The molecule has 0 spiro atoms. The van der Waals surface area contributed by atoms with Gasteiger partial charge in [0.25, 0.3) is 0 Å². The third kappa shape index (κ3) is 2.46. The number of hydrogen-bond donors (Lipinski definition) is 2. The highest BCUT2D eigenvalue weighted by atomic mass is 15.0. The molecule has 0 saturated heterocycles. The van der Waals surface area contributed by atoms with Crippen LogP contribution in [-0.4, -0.2) is 11.0 Å². The fourth-order valence-corrected chi connectivity index (χ4v) is 2.37. The Balaban J connectivity index is 2.05. The number of anilines is 2. The molecule has 2 rings (SSSR count). The number of aromatic nitrogens is 1. The molecule has 0 radical (unpaired) electrons. The van der Waals surface area contributed by atoms with Crippen molar-refractivity contribution >= 4 is 11.5 Å². The molecule has 16 heavy (non-hydrogen) atoms. The van der Waals surface area contributed by atoms with E-state index in [2.05, 4.69) is 17.2 Å². The second kappa shape index (κ2) is 4.73. The zero-order valence-corrected chi connectivity index (χ0v) is 10.2. The molecule has 1 aromatic heterocycles. The zero-order valence-electron chi connectivity index (χ0n) is 10.2. The topological polar surface area (TPSA) is 50.9 Å². The second-order valence-corrected chi connectivity index (χ2v) is 4.94. The van der Waals surface area contributed by atoms with Gasteiger partial charge in [0.2, 0.25) is 0 Å². The van der Waals surface area contributed by atoms with Crippen LogP contribution in [0.3, 0.4) is 0 Å². The average Bonchev–Trinajstić information content (AvgIpc) is 2.27. The van der Waals surface area contributed by atoms with E-state index >= 15 is 0 Å². The molecule has 2 unspecified atom stereocenters. The van der Waals surface area contributed by atoms with Crippen molar-refractivity contribution in [3.63, 3.8) is 0 Å². The van der Waals surface area contributed by atoms with Gasteiger partial charge in [-0.3, -0.25) is 0 Å². The summed E-state index contributed by atoms with van der Waals surface area (Å²) in [6.45, 7) is 4.34. The quantitative estimate of drug-likeness (QED) is 0.804. The Hall–Kier alpha value is -1.25. The lowest BCUT2D eigenvalue weighted by Gasteiger charge is -2.30. The van der Waals surface area contributed by atoms with Crippen molar-refractivity contribution in [3.05, 3.63) is 17.8 Å². The number of hydrogen-bond acceptors (Lipinski definition) is 3. The SMILES string of the molecule is Cc1cc(NC2CCCCC2C)ncc1N. The van der Waals surface area contributed by atoms with Gasteiger partial charge in [0.1, 0.15) is 5.82 Å². The van der Waals surface area contributed by atoms with Crippen LogP contribution in [0.15, 0.2) is 12.3 Å². The Morgan fingerprint density at radius 2 is 2.12 bits per heavy atom. The van der Waals surface area contributed by atoms with Gasteiger partial charge >= 0.3 is 0 Å². The molecule has 0 amide bonds. The maximum Gasteiger partial charge on any atom is 0.126 e. The van der Waals surface area contributed by atoms with Crippen LogP contribution in [0.2, 0.25) is 0 Å². The normalized spacial score (nSPS) is 25.4. The Morgan fingerprint density at radius 3 is 2.81 bits per heavy atom. The van der Waals surface area contributed by atoms with Gasteiger partial charge in [0, 0.05) is 6.04 Å². The van der Waals surface area contributed by atoms with Crippen molar-refractivity contribution in [3.8, 4) is 0 Å². The minimum absolute atomic E-state index is 0.573. The summed E-state index contributed by atoms with van der Waals surface area (Å²) < 4.78 is 0. The molecule has 88 valence electrons. The van der Waals surface area contributed by atoms with Gasteiger partial charge in [-0.25, -0.2) is 4.98 Å². The van der Waals surface area contributed by atoms with Crippen LogP contribution in [0.25, 0.3) is 0 Å². The second-order valence-electron chi connectivity index (χ2n) is 4.94. The molecule has 1 aliphatic rings. The molecule has 2 atom stereocenters. The van der Waals surface area contributed by atoms with Gasteiger partial charge in [-0.05, 0) is 37.3 Å².